The minimum Gasteiger partial charge on any atom is -0.455 e. The lowest BCUT2D eigenvalue weighted by Gasteiger charge is -2.20. The molecule has 268 valence electrons. The maximum Gasteiger partial charge on any atom is 0.144 e. The molecule has 0 spiro atoms. The van der Waals surface area contributed by atoms with Crippen molar-refractivity contribution in [2.45, 2.75) is 0 Å². The van der Waals surface area contributed by atoms with Crippen molar-refractivity contribution in [2.24, 2.45) is 0 Å². The number of fused-ring (bicyclic) bond motifs is 12. The summed E-state index contributed by atoms with van der Waals surface area (Å²) < 4.78 is 9.30. The SMILES string of the molecule is c1ccc2cc(-c3c4ccccc4c(-c4ccc(-c5ccc6cc7c(cc6c5)oc5c7ccc6sc7ccccc7c65)c5ccccc45)c4ccccc34)ccc2c1. The van der Waals surface area contributed by atoms with Gasteiger partial charge in [-0.1, -0.05) is 152 Å². The van der Waals surface area contributed by atoms with E-state index < -0.39 is 0 Å². The van der Waals surface area contributed by atoms with Crippen molar-refractivity contribution < 1.29 is 4.42 Å². The molecule has 0 saturated heterocycles. The van der Waals surface area contributed by atoms with Gasteiger partial charge in [0.25, 0.3) is 0 Å². The summed E-state index contributed by atoms with van der Waals surface area (Å²) >= 11 is 1.83. The lowest BCUT2D eigenvalue weighted by molar-refractivity contribution is 0.673. The highest BCUT2D eigenvalue weighted by Gasteiger charge is 2.20. The third-order valence-corrected chi connectivity index (χ3v) is 13.5. The summed E-state index contributed by atoms with van der Waals surface area (Å²) in [5.41, 5.74) is 9.36. The summed E-state index contributed by atoms with van der Waals surface area (Å²) in [5, 5.41) is 17.2. The third kappa shape index (κ3) is 4.58. The largest absolute Gasteiger partial charge is 0.455 e. The van der Waals surface area contributed by atoms with Crippen LogP contribution >= 0.6 is 11.3 Å². The van der Waals surface area contributed by atoms with E-state index in [1.54, 1.807) is 0 Å². The fraction of sp³-hybridized carbons (Fsp3) is 0. The smallest absolute Gasteiger partial charge is 0.144 e. The molecule has 0 radical (unpaired) electrons. The van der Waals surface area contributed by atoms with Gasteiger partial charge in [0, 0.05) is 30.9 Å². The Bertz CT molecular complexity index is 3810. The quantitative estimate of drug-likeness (QED) is 0.164. The first-order valence-corrected chi connectivity index (χ1v) is 20.7. The Balaban J connectivity index is 1.00. The molecule has 2 heteroatoms. The fourth-order valence-electron chi connectivity index (χ4n) is 9.80. The molecular weight excluding hydrogens is 721 g/mol. The number of hydrogen-bond donors (Lipinski definition) is 0. The van der Waals surface area contributed by atoms with Gasteiger partial charge in [0.15, 0.2) is 0 Å². The highest BCUT2D eigenvalue weighted by atomic mass is 32.1. The Morgan fingerprint density at radius 1 is 0.310 bits per heavy atom. The maximum absolute atomic E-state index is 6.75. The van der Waals surface area contributed by atoms with Crippen LogP contribution in [0.3, 0.4) is 0 Å². The second kappa shape index (κ2) is 12.1. The molecule has 0 amide bonds. The summed E-state index contributed by atoms with van der Waals surface area (Å²) in [6.07, 6.45) is 0. The van der Waals surface area contributed by atoms with Crippen LogP contribution < -0.4 is 0 Å². The Morgan fingerprint density at radius 2 is 0.879 bits per heavy atom. The number of thiophene rings is 1. The van der Waals surface area contributed by atoms with Gasteiger partial charge in [-0.3, -0.25) is 0 Å². The molecule has 0 saturated carbocycles. The highest BCUT2D eigenvalue weighted by Crippen LogP contribution is 2.47. The van der Waals surface area contributed by atoms with Crippen molar-refractivity contribution >= 4 is 107 Å². The summed E-state index contributed by atoms with van der Waals surface area (Å²) in [4.78, 5) is 0. The number of benzene rings is 11. The first-order chi connectivity index (χ1) is 28.7. The molecule has 1 nitrogen and oxygen atoms in total. The Morgan fingerprint density at radius 3 is 1.66 bits per heavy atom. The van der Waals surface area contributed by atoms with Crippen molar-refractivity contribution in [3.05, 3.63) is 194 Å². The van der Waals surface area contributed by atoms with E-state index in [4.69, 9.17) is 4.42 Å². The first-order valence-electron chi connectivity index (χ1n) is 19.9. The number of furan rings is 1. The lowest BCUT2D eigenvalue weighted by atomic mass is 9.83. The van der Waals surface area contributed by atoms with E-state index in [9.17, 15) is 0 Å². The molecule has 13 aromatic rings. The molecule has 2 aromatic heterocycles. The van der Waals surface area contributed by atoms with Gasteiger partial charge in [0.05, 0.1) is 0 Å². The zero-order chi connectivity index (χ0) is 37.9. The standard InChI is InChI=1S/C56H32OS/c1-2-12-34-29-37(24-21-33(34)11-1)53-42-15-5-7-17-44(42)54(45-18-8-6-16-43(45)53)46-26-25-39(40-13-3-4-14-41(40)46)36-23-22-35-31-49-47-27-28-52-55(48-19-9-10-20-51(48)58-52)56(47)57-50(49)32-38(35)30-36/h1-32H. The van der Waals surface area contributed by atoms with Crippen LogP contribution in [0.2, 0.25) is 0 Å². The van der Waals surface area contributed by atoms with E-state index in [0.717, 1.165) is 16.6 Å². The summed E-state index contributed by atoms with van der Waals surface area (Å²) in [7, 11) is 0. The van der Waals surface area contributed by atoms with E-state index in [-0.39, 0.29) is 0 Å². The zero-order valence-corrected chi connectivity index (χ0v) is 32.1. The molecule has 0 bridgehead atoms. The third-order valence-electron chi connectivity index (χ3n) is 12.4. The first kappa shape index (κ1) is 31.9. The molecule has 0 unspecified atom stereocenters. The van der Waals surface area contributed by atoms with Gasteiger partial charge in [0.1, 0.15) is 11.2 Å². The summed E-state index contributed by atoms with van der Waals surface area (Å²) in [5.74, 6) is 0. The average Bonchev–Trinajstić information content (AvgIpc) is 3.84. The Hall–Kier alpha value is -7.26. The number of rotatable bonds is 3. The van der Waals surface area contributed by atoms with Crippen LogP contribution in [-0.2, 0) is 0 Å². The summed E-state index contributed by atoms with van der Waals surface area (Å²) in [6, 6.07) is 71.6. The second-order valence-electron chi connectivity index (χ2n) is 15.5. The van der Waals surface area contributed by atoms with Crippen molar-refractivity contribution in [3.63, 3.8) is 0 Å². The molecule has 2 heterocycles. The molecule has 0 fully saturated rings. The molecule has 0 N–H and O–H groups in total. The summed E-state index contributed by atoms with van der Waals surface area (Å²) in [6.45, 7) is 0. The molecule has 58 heavy (non-hydrogen) atoms. The van der Waals surface area contributed by atoms with Crippen molar-refractivity contribution in [1.82, 2.24) is 0 Å². The molecule has 0 aliphatic carbocycles. The molecule has 11 aromatic carbocycles. The molecule has 0 atom stereocenters. The zero-order valence-electron chi connectivity index (χ0n) is 31.3. The Kier molecular flexibility index (Phi) is 6.66. The molecule has 13 rings (SSSR count). The normalized spacial score (nSPS) is 12.1. The van der Waals surface area contributed by atoms with Gasteiger partial charge in [-0.05, 0) is 130 Å². The van der Waals surface area contributed by atoms with Crippen LogP contribution in [0.4, 0.5) is 0 Å². The Labute approximate surface area is 337 Å². The lowest BCUT2D eigenvalue weighted by Crippen LogP contribution is -1.92. The van der Waals surface area contributed by atoms with Crippen molar-refractivity contribution in [2.75, 3.05) is 0 Å². The minimum absolute atomic E-state index is 0.925. The maximum atomic E-state index is 6.75. The average molecular weight is 753 g/mol. The fourth-order valence-corrected chi connectivity index (χ4v) is 10.9. The second-order valence-corrected chi connectivity index (χ2v) is 16.6. The van der Waals surface area contributed by atoms with Gasteiger partial charge in [-0.15, -0.1) is 11.3 Å². The van der Waals surface area contributed by atoms with Crippen molar-refractivity contribution in [1.29, 1.82) is 0 Å². The van der Waals surface area contributed by atoms with Gasteiger partial charge in [-0.2, -0.15) is 0 Å². The van der Waals surface area contributed by atoms with E-state index in [1.165, 1.54) is 113 Å². The van der Waals surface area contributed by atoms with Crippen LogP contribution in [0.25, 0.3) is 129 Å². The number of hydrogen-bond acceptors (Lipinski definition) is 2. The predicted molar refractivity (Wildman–Crippen MR) is 250 cm³/mol. The van der Waals surface area contributed by atoms with Crippen LogP contribution in [0.5, 0.6) is 0 Å². The van der Waals surface area contributed by atoms with Crippen LogP contribution in [-0.4, -0.2) is 0 Å². The topological polar surface area (TPSA) is 13.1 Å². The van der Waals surface area contributed by atoms with Gasteiger partial charge in [0.2, 0.25) is 0 Å². The van der Waals surface area contributed by atoms with E-state index in [1.807, 2.05) is 11.3 Å². The van der Waals surface area contributed by atoms with Crippen LogP contribution in [0, 0.1) is 0 Å². The van der Waals surface area contributed by atoms with Gasteiger partial charge in [-0.25, -0.2) is 0 Å². The predicted octanol–water partition coefficient (Wildman–Crippen LogP) is 16.7. The highest BCUT2D eigenvalue weighted by molar-refractivity contribution is 7.26. The van der Waals surface area contributed by atoms with E-state index in [0.29, 0.717) is 0 Å². The monoisotopic (exact) mass is 752 g/mol. The van der Waals surface area contributed by atoms with E-state index >= 15 is 0 Å². The van der Waals surface area contributed by atoms with Crippen LogP contribution in [0.15, 0.2) is 199 Å². The van der Waals surface area contributed by atoms with E-state index in [2.05, 4.69) is 194 Å². The molecular formula is C56H32OS. The van der Waals surface area contributed by atoms with Gasteiger partial charge < -0.3 is 4.42 Å². The van der Waals surface area contributed by atoms with Gasteiger partial charge >= 0.3 is 0 Å². The molecule has 0 aliphatic rings. The van der Waals surface area contributed by atoms with Crippen molar-refractivity contribution in [3.8, 4) is 33.4 Å². The van der Waals surface area contributed by atoms with Crippen LogP contribution in [0.1, 0.15) is 0 Å². The minimum atomic E-state index is 0.925. The molecule has 0 aliphatic heterocycles.